The van der Waals surface area contributed by atoms with Gasteiger partial charge in [0, 0.05) is 40.2 Å². The maximum Gasteiger partial charge on any atom is 0.414 e. The first-order valence-corrected chi connectivity index (χ1v) is 15.5. The van der Waals surface area contributed by atoms with Crippen molar-refractivity contribution < 1.29 is 14.3 Å². The monoisotopic (exact) mass is 604 g/mol. The van der Waals surface area contributed by atoms with Crippen LogP contribution in [0.1, 0.15) is 101 Å². The van der Waals surface area contributed by atoms with E-state index in [4.69, 9.17) is 32.9 Å². The molecule has 7 nitrogen and oxygen atoms in total. The number of nitrogens with one attached hydrogen (secondary N) is 2. The average molecular weight is 606 g/mol. The van der Waals surface area contributed by atoms with Gasteiger partial charge in [0.05, 0.1) is 5.69 Å². The zero-order chi connectivity index (χ0) is 28.9. The Bertz CT molecular complexity index is 1220. The Morgan fingerprint density at radius 3 is 2.30 bits per heavy atom. The van der Waals surface area contributed by atoms with E-state index < -0.39 is 12.2 Å². The molecule has 0 aliphatic carbocycles. The summed E-state index contributed by atoms with van der Waals surface area (Å²) in [5.41, 5.74) is 1.82. The molecule has 0 spiro atoms. The van der Waals surface area contributed by atoms with Crippen molar-refractivity contribution in [3.63, 3.8) is 0 Å². The number of aromatic amines is 1. The molecule has 40 heavy (non-hydrogen) atoms. The van der Waals surface area contributed by atoms with Crippen LogP contribution in [-0.4, -0.2) is 27.0 Å². The van der Waals surface area contributed by atoms with Crippen LogP contribution in [0.4, 0.5) is 4.79 Å². The van der Waals surface area contributed by atoms with E-state index in [9.17, 15) is 9.59 Å². The minimum absolute atomic E-state index is 0.123. The van der Waals surface area contributed by atoms with Crippen LogP contribution >= 0.6 is 35.0 Å². The number of rotatable bonds is 15. The molecule has 3 rings (SSSR count). The number of ether oxygens (including phenoxy) is 1. The van der Waals surface area contributed by atoms with E-state index in [0.717, 1.165) is 40.4 Å². The fraction of sp³-hybridized carbons (Fsp3) is 0.467. The van der Waals surface area contributed by atoms with Crippen LogP contribution in [0.5, 0.6) is 0 Å². The molecule has 2 N–H and O–H groups in total. The third kappa shape index (κ3) is 10.8. The molecule has 216 valence electrons. The second kappa shape index (κ2) is 16.7. The molecule has 0 saturated carbocycles. The molecule has 1 unspecified atom stereocenters. The summed E-state index contributed by atoms with van der Waals surface area (Å²) in [6, 6.07) is 9.04. The lowest BCUT2D eigenvalue weighted by Gasteiger charge is -2.16. The number of halogens is 2. The number of H-pyrrole nitrogens is 1. The number of carbonyl (C=O) groups excluding carboxylic acids is 2. The molecular weight excluding hydrogens is 567 g/mol. The van der Waals surface area contributed by atoms with Gasteiger partial charge in [0.1, 0.15) is 10.9 Å². The molecule has 2 heterocycles. The van der Waals surface area contributed by atoms with Gasteiger partial charge in [-0.15, -0.1) is 0 Å². The molecule has 2 amide bonds. The lowest BCUT2D eigenvalue weighted by atomic mass is 10.1. The van der Waals surface area contributed by atoms with Crippen molar-refractivity contribution in [2.24, 2.45) is 0 Å². The smallest absolute Gasteiger partial charge is 0.414 e. The highest BCUT2D eigenvalue weighted by molar-refractivity contribution is 7.99. The van der Waals surface area contributed by atoms with E-state index in [1.54, 1.807) is 18.5 Å². The summed E-state index contributed by atoms with van der Waals surface area (Å²) < 4.78 is 5.78. The van der Waals surface area contributed by atoms with Gasteiger partial charge in [0.2, 0.25) is 5.91 Å². The predicted molar refractivity (Wildman–Crippen MR) is 161 cm³/mol. The number of pyridine rings is 1. The number of hydrogen-bond donors (Lipinski definition) is 2. The number of amides is 2. The van der Waals surface area contributed by atoms with Gasteiger partial charge in [-0.1, -0.05) is 94.3 Å². The van der Waals surface area contributed by atoms with Gasteiger partial charge in [-0.05, 0) is 48.2 Å². The maximum atomic E-state index is 12.8. The normalized spacial score (nSPS) is 11.9. The molecule has 3 aromatic rings. The molecule has 0 radical (unpaired) electrons. The summed E-state index contributed by atoms with van der Waals surface area (Å²) in [7, 11) is 0. The van der Waals surface area contributed by atoms with E-state index in [0.29, 0.717) is 28.7 Å². The van der Waals surface area contributed by atoms with Crippen molar-refractivity contribution in [1.82, 2.24) is 20.3 Å². The van der Waals surface area contributed by atoms with Crippen LogP contribution < -0.4 is 5.32 Å². The number of hydrogen-bond acceptors (Lipinski definition) is 6. The number of benzene rings is 1. The quantitative estimate of drug-likeness (QED) is 0.168. The molecule has 10 heteroatoms. The molecule has 0 aliphatic rings. The third-order valence-electron chi connectivity index (χ3n) is 6.32. The van der Waals surface area contributed by atoms with Gasteiger partial charge in [-0.3, -0.25) is 15.1 Å². The highest BCUT2D eigenvalue weighted by Gasteiger charge is 2.25. The van der Waals surface area contributed by atoms with Crippen molar-refractivity contribution in [2.45, 2.75) is 101 Å². The second-order valence-electron chi connectivity index (χ2n) is 10.1. The van der Waals surface area contributed by atoms with Crippen molar-refractivity contribution in [2.75, 3.05) is 0 Å². The Balaban J connectivity index is 1.71. The molecule has 1 aromatic carbocycles. The summed E-state index contributed by atoms with van der Waals surface area (Å²) >= 11 is 13.8. The predicted octanol–water partition coefficient (Wildman–Crippen LogP) is 9.06. The van der Waals surface area contributed by atoms with E-state index >= 15 is 0 Å². The SMILES string of the molecule is CCCCCCCCCC(=O)NC(=O)OC(Cc1ccncc1)c1nc(Sc2cc(Cl)cc(Cl)c2)c(C(C)C)[nH]1. The molecule has 0 bridgehead atoms. The molecule has 2 aromatic heterocycles. The minimum Gasteiger partial charge on any atom is -0.437 e. The van der Waals surface area contributed by atoms with Crippen LogP contribution in [0.25, 0.3) is 0 Å². The van der Waals surface area contributed by atoms with E-state index in [-0.39, 0.29) is 11.8 Å². The Kier molecular flexibility index (Phi) is 13.3. The first-order chi connectivity index (χ1) is 19.2. The van der Waals surface area contributed by atoms with Crippen molar-refractivity contribution in [3.05, 3.63) is 69.9 Å². The number of nitrogens with zero attached hydrogens (tertiary/aromatic N) is 2. The summed E-state index contributed by atoms with van der Waals surface area (Å²) in [6.07, 6.45) is 10.2. The lowest BCUT2D eigenvalue weighted by molar-refractivity contribution is -0.120. The van der Waals surface area contributed by atoms with Gasteiger partial charge in [-0.25, -0.2) is 9.78 Å². The zero-order valence-corrected chi connectivity index (χ0v) is 25.7. The number of unbranched alkanes of at least 4 members (excludes halogenated alkanes) is 6. The fourth-order valence-corrected chi connectivity index (χ4v) is 6.01. The van der Waals surface area contributed by atoms with E-state index in [1.165, 1.54) is 37.4 Å². The van der Waals surface area contributed by atoms with Crippen LogP contribution in [0.15, 0.2) is 52.6 Å². The zero-order valence-electron chi connectivity index (χ0n) is 23.3. The molecule has 0 fully saturated rings. The third-order valence-corrected chi connectivity index (χ3v) is 7.73. The van der Waals surface area contributed by atoms with Gasteiger partial charge in [-0.2, -0.15) is 0 Å². The number of imidazole rings is 1. The first kappa shape index (κ1) is 32.0. The number of aromatic nitrogens is 3. The highest BCUT2D eigenvalue weighted by atomic mass is 35.5. The summed E-state index contributed by atoms with van der Waals surface area (Å²) in [5, 5.41) is 4.19. The van der Waals surface area contributed by atoms with Crippen LogP contribution in [0.3, 0.4) is 0 Å². The number of alkyl carbamates (subject to hydrolysis) is 1. The van der Waals surface area contributed by atoms with Crippen LogP contribution in [0.2, 0.25) is 10.0 Å². The molecule has 0 saturated heterocycles. The van der Waals surface area contributed by atoms with Crippen molar-refractivity contribution in [1.29, 1.82) is 0 Å². The standard InChI is InChI=1S/C30H38Cl2N4O3S/c1-4-5-6-7-8-9-10-11-26(37)34-30(38)39-25(16-21-12-14-33-15-13-21)28-35-27(20(2)3)29(36-28)40-24-18-22(31)17-23(32)19-24/h12-15,17-20,25H,4-11,16H2,1-3H3,(H,35,36)(H,34,37,38). The Morgan fingerprint density at radius 1 is 1.00 bits per heavy atom. The van der Waals surface area contributed by atoms with Gasteiger partial charge in [0.15, 0.2) is 6.10 Å². The Labute approximate surface area is 251 Å². The fourth-order valence-electron chi connectivity index (χ4n) is 4.21. The largest absolute Gasteiger partial charge is 0.437 e. The summed E-state index contributed by atoms with van der Waals surface area (Å²) in [6.45, 7) is 6.30. The highest BCUT2D eigenvalue weighted by Crippen LogP contribution is 2.36. The molecule has 0 aliphatic heterocycles. The second-order valence-corrected chi connectivity index (χ2v) is 12.0. The van der Waals surface area contributed by atoms with Gasteiger partial charge in [0.25, 0.3) is 0 Å². The molecule has 1 atom stereocenters. The minimum atomic E-state index is -0.787. The lowest BCUT2D eigenvalue weighted by Crippen LogP contribution is -2.32. The van der Waals surface area contributed by atoms with E-state index in [1.807, 2.05) is 24.3 Å². The summed E-state index contributed by atoms with van der Waals surface area (Å²) in [5.74, 6) is 0.279. The number of carbonyl (C=O) groups is 2. The summed E-state index contributed by atoms with van der Waals surface area (Å²) in [4.78, 5) is 38.3. The van der Waals surface area contributed by atoms with Crippen LogP contribution in [0, 0.1) is 0 Å². The van der Waals surface area contributed by atoms with Gasteiger partial charge < -0.3 is 9.72 Å². The topological polar surface area (TPSA) is 97.0 Å². The van der Waals surface area contributed by atoms with Crippen LogP contribution in [-0.2, 0) is 16.0 Å². The molecular formula is C30H38Cl2N4O3S. The number of imide groups is 1. The first-order valence-electron chi connectivity index (χ1n) is 13.9. The van der Waals surface area contributed by atoms with Crippen molar-refractivity contribution >= 4 is 47.0 Å². The maximum absolute atomic E-state index is 12.8. The Hall–Kier alpha value is -2.55. The van der Waals surface area contributed by atoms with E-state index in [2.05, 4.69) is 36.1 Å². The van der Waals surface area contributed by atoms with Crippen molar-refractivity contribution in [3.8, 4) is 0 Å². The Morgan fingerprint density at radius 2 is 1.65 bits per heavy atom. The average Bonchev–Trinajstić information content (AvgIpc) is 3.32. The van der Waals surface area contributed by atoms with Gasteiger partial charge >= 0.3 is 6.09 Å².